The second-order valence-electron chi connectivity index (χ2n) is 3.26. The van der Waals surface area contributed by atoms with Gasteiger partial charge in [-0.2, -0.15) is 0 Å². The van der Waals surface area contributed by atoms with E-state index in [-0.39, 0.29) is 5.91 Å². The van der Waals surface area contributed by atoms with Crippen molar-refractivity contribution in [1.82, 2.24) is 4.90 Å². The minimum absolute atomic E-state index is 0.270. The summed E-state index contributed by atoms with van der Waals surface area (Å²) in [5.74, 6) is 0.730. The third-order valence-corrected chi connectivity index (χ3v) is 2.03. The standard InChI is InChI=1S/C9H18BrNO/c1-4-11(6-5-10)9(12)7-8(2)3/h8H,4-7H2,1-3H3. The molecule has 0 N–H and O–H groups in total. The number of amides is 1. The minimum atomic E-state index is 0.270. The maximum absolute atomic E-state index is 11.5. The summed E-state index contributed by atoms with van der Waals surface area (Å²) in [5.41, 5.74) is 0. The van der Waals surface area contributed by atoms with Crippen LogP contribution in [0.4, 0.5) is 0 Å². The molecule has 2 nitrogen and oxygen atoms in total. The predicted molar refractivity (Wildman–Crippen MR) is 55.5 cm³/mol. The van der Waals surface area contributed by atoms with Crippen LogP contribution in [0.5, 0.6) is 0 Å². The average molecular weight is 236 g/mol. The lowest BCUT2D eigenvalue weighted by Gasteiger charge is -2.20. The minimum Gasteiger partial charge on any atom is -0.342 e. The molecule has 0 aromatic heterocycles. The smallest absolute Gasteiger partial charge is 0.222 e. The Kier molecular flexibility index (Phi) is 6.44. The van der Waals surface area contributed by atoms with Crippen LogP contribution in [0.1, 0.15) is 27.2 Å². The Bertz CT molecular complexity index is 136. The molecule has 0 radical (unpaired) electrons. The Balaban J connectivity index is 3.85. The van der Waals surface area contributed by atoms with E-state index in [1.807, 2.05) is 11.8 Å². The molecule has 0 bridgehead atoms. The van der Waals surface area contributed by atoms with Crippen LogP contribution >= 0.6 is 15.9 Å². The van der Waals surface area contributed by atoms with Crippen molar-refractivity contribution in [2.75, 3.05) is 18.4 Å². The first-order valence-electron chi connectivity index (χ1n) is 4.45. The lowest BCUT2D eigenvalue weighted by Crippen LogP contribution is -2.33. The van der Waals surface area contributed by atoms with Crippen LogP contribution in [0.15, 0.2) is 0 Å². The molecule has 0 aliphatic heterocycles. The second kappa shape index (κ2) is 6.46. The first-order chi connectivity index (χ1) is 5.61. The molecule has 0 heterocycles. The molecule has 0 rings (SSSR count). The van der Waals surface area contributed by atoms with Crippen LogP contribution in [-0.2, 0) is 4.79 Å². The Morgan fingerprint density at radius 2 is 2.08 bits per heavy atom. The van der Waals surface area contributed by atoms with Gasteiger partial charge >= 0.3 is 0 Å². The van der Waals surface area contributed by atoms with Gasteiger partial charge in [0.05, 0.1) is 0 Å². The molecular weight excluding hydrogens is 218 g/mol. The van der Waals surface area contributed by atoms with E-state index in [9.17, 15) is 4.79 Å². The molecular formula is C9H18BrNO. The van der Waals surface area contributed by atoms with Gasteiger partial charge in [-0.1, -0.05) is 29.8 Å². The monoisotopic (exact) mass is 235 g/mol. The van der Waals surface area contributed by atoms with Crippen molar-refractivity contribution >= 4 is 21.8 Å². The van der Waals surface area contributed by atoms with E-state index < -0.39 is 0 Å². The van der Waals surface area contributed by atoms with Gasteiger partial charge in [0.25, 0.3) is 0 Å². The molecule has 0 atom stereocenters. The Morgan fingerprint density at radius 1 is 1.50 bits per heavy atom. The number of hydrogen-bond donors (Lipinski definition) is 0. The van der Waals surface area contributed by atoms with E-state index >= 15 is 0 Å². The fourth-order valence-electron chi connectivity index (χ4n) is 1.04. The van der Waals surface area contributed by atoms with E-state index in [1.165, 1.54) is 0 Å². The van der Waals surface area contributed by atoms with Crippen molar-refractivity contribution in [3.63, 3.8) is 0 Å². The molecule has 3 heteroatoms. The molecule has 0 spiro atoms. The van der Waals surface area contributed by atoms with Crippen LogP contribution in [0.2, 0.25) is 0 Å². The van der Waals surface area contributed by atoms with Gasteiger partial charge in [-0.05, 0) is 12.8 Å². The van der Waals surface area contributed by atoms with E-state index in [1.54, 1.807) is 0 Å². The Morgan fingerprint density at radius 3 is 2.42 bits per heavy atom. The Labute approximate surface area is 83.4 Å². The van der Waals surface area contributed by atoms with Crippen molar-refractivity contribution in [2.45, 2.75) is 27.2 Å². The SMILES string of the molecule is CCN(CCBr)C(=O)CC(C)C. The highest BCUT2D eigenvalue weighted by Gasteiger charge is 2.11. The van der Waals surface area contributed by atoms with Crippen LogP contribution in [0.3, 0.4) is 0 Å². The fourth-order valence-corrected chi connectivity index (χ4v) is 1.47. The number of rotatable bonds is 5. The first-order valence-corrected chi connectivity index (χ1v) is 5.57. The van der Waals surface area contributed by atoms with E-state index in [2.05, 4.69) is 29.8 Å². The van der Waals surface area contributed by atoms with Crippen molar-refractivity contribution in [3.05, 3.63) is 0 Å². The van der Waals surface area contributed by atoms with Gasteiger partial charge in [0, 0.05) is 24.8 Å². The molecule has 72 valence electrons. The Hall–Kier alpha value is -0.0500. The normalized spacial score (nSPS) is 10.4. The van der Waals surface area contributed by atoms with Crippen molar-refractivity contribution in [3.8, 4) is 0 Å². The van der Waals surface area contributed by atoms with Crippen LogP contribution in [0, 0.1) is 5.92 Å². The van der Waals surface area contributed by atoms with Crippen LogP contribution < -0.4 is 0 Å². The van der Waals surface area contributed by atoms with Crippen LogP contribution in [0.25, 0.3) is 0 Å². The molecule has 0 saturated heterocycles. The molecule has 0 aromatic rings. The molecule has 0 aromatic carbocycles. The fraction of sp³-hybridized carbons (Fsp3) is 0.889. The van der Waals surface area contributed by atoms with Gasteiger partial charge in [0.2, 0.25) is 5.91 Å². The third-order valence-electron chi connectivity index (χ3n) is 1.67. The molecule has 0 aliphatic rings. The first kappa shape index (κ1) is 11.9. The molecule has 0 saturated carbocycles. The van der Waals surface area contributed by atoms with Crippen molar-refractivity contribution in [2.24, 2.45) is 5.92 Å². The van der Waals surface area contributed by atoms with Gasteiger partial charge in [0.1, 0.15) is 0 Å². The summed E-state index contributed by atoms with van der Waals surface area (Å²) in [7, 11) is 0. The molecule has 0 unspecified atom stereocenters. The lowest BCUT2D eigenvalue weighted by molar-refractivity contribution is -0.131. The van der Waals surface area contributed by atoms with E-state index in [0.717, 1.165) is 18.4 Å². The number of carbonyl (C=O) groups excluding carboxylic acids is 1. The van der Waals surface area contributed by atoms with E-state index in [4.69, 9.17) is 0 Å². The predicted octanol–water partition coefficient (Wildman–Crippen LogP) is 2.28. The van der Waals surface area contributed by atoms with Crippen LogP contribution in [-0.4, -0.2) is 29.2 Å². The maximum atomic E-state index is 11.5. The maximum Gasteiger partial charge on any atom is 0.222 e. The van der Waals surface area contributed by atoms with Gasteiger partial charge in [-0.25, -0.2) is 0 Å². The highest BCUT2D eigenvalue weighted by molar-refractivity contribution is 9.09. The summed E-state index contributed by atoms with van der Waals surface area (Å²) in [6.07, 6.45) is 0.668. The lowest BCUT2D eigenvalue weighted by atomic mass is 10.1. The zero-order valence-electron chi connectivity index (χ0n) is 8.14. The number of alkyl halides is 1. The third kappa shape index (κ3) is 4.75. The topological polar surface area (TPSA) is 20.3 Å². The molecule has 0 aliphatic carbocycles. The van der Waals surface area contributed by atoms with Crippen molar-refractivity contribution in [1.29, 1.82) is 0 Å². The largest absolute Gasteiger partial charge is 0.342 e. The average Bonchev–Trinajstić information content (AvgIpc) is 1.98. The number of carbonyl (C=O) groups is 1. The molecule has 12 heavy (non-hydrogen) atoms. The van der Waals surface area contributed by atoms with Crippen molar-refractivity contribution < 1.29 is 4.79 Å². The summed E-state index contributed by atoms with van der Waals surface area (Å²) < 4.78 is 0. The summed E-state index contributed by atoms with van der Waals surface area (Å²) >= 11 is 3.33. The zero-order valence-corrected chi connectivity index (χ0v) is 9.73. The number of halogens is 1. The summed E-state index contributed by atoms with van der Waals surface area (Å²) in [5, 5.41) is 0.866. The molecule has 1 amide bonds. The van der Waals surface area contributed by atoms with Gasteiger partial charge in [0.15, 0.2) is 0 Å². The highest BCUT2D eigenvalue weighted by atomic mass is 79.9. The number of nitrogens with zero attached hydrogens (tertiary/aromatic N) is 1. The van der Waals surface area contributed by atoms with E-state index in [0.29, 0.717) is 12.3 Å². The van der Waals surface area contributed by atoms with Gasteiger partial charge < -0.3 is 4.90 Å². The zero-order chi connectivity index (χ0) is 9.56. The molecule has 0 fully saturated rings. The summed E-state index contributed by atoms with van der Waals surface area (Å²) in [4.78, 5) is 13.4. The highest BCUT2D eigenvalue weighted by Crippen LogP contribution is 2.04. The number of hydrogen-bond acceptors (Lipinski definition) is 1. The second-order valence-corrected chi connectivity index (χ2v) is 4.05. The summed E-state index contributed by atoms with van der Waals surface area (Å²) in [6.45, 7) is 7.79. The quantitative estimate of drug-likeness (QED) is 0.670. The van der Waals surface area contributed by atoms with Gasteiger partial charge in [-0.15, -0.1) is 0 Å². The summed E-state index contributed by atoms with van der Waals surface area (Å²) in [6, 6.07) is 0. The van der Waals surface area contributed by atoms with Gasteiger partial charge in [-0.3, -0.25) is 4.79 Å².